The topological polar surface area (TPSA) is 63.3 Å². The van der Waals surface area contributed by atoms with Gasteiger partial charge in [0.15, 0.2) is 0 Å². The van der Waals surface area contributed by atoms with Gasteiger partial charge in [-0.15, -0.1) is 23.5 Å². The monoisotopic (exact) mass is 229 g/mol. The molecule has 0 spiro atoms. The zero-order chi connectivity index (χ0) is 10.7. The van der Waals surface area contributed by atoms with E-state index in [4.69, 9.17) is 10.8 Å². The van der Waals surface area contributed by atoms with Crippen molar-refractivity contribution in [2.75, 3.05) is 18.2 Å². The average Bonchev–Trinajstić information content (AvgIpc) is 2.17. The molecule has 0 aliphatic carbocycles. The molecule has 76 valence electrons. The van der Waals surface area contributed by atoms with E-state index in [1.165, 1.54) is 29.6 Å². The molecular weight excluding hydrogens is 218 g/mol. The van der Waals surface area contributed by atoms with Crippen molar-refractivity contribution in [1.82, 2.24) is 0 Å². The molecule has 1 aromatic rings. The second kappa shape index (κ2) is 4.61. The first-order valence-electron chi connectivity index (χ1n) is 3.85. The number of carboxylic acids is 1. The quantitative estimate of drug-likeness (QED) is 0.615. The lowest BCUT2D eigenvalue weighted by atomic mass is 10.2. The van der Waals surface area contributed by atoms with Crippen LogP contribution in [0.4, 0.5) is 5.69 Å². The van der Waals surface area contributed by atoms with E-state index in [0.717, 1.165) is 9.79 Å². The van der Waals surface area contributed by atoms with E-state index in [0.29, 0.717) is 5.69 Å². The molecule has 0 aromatic heterocycles. The van der Waals surface area contributed by atoms with Crippen molar-refractivity contribution in [1.29, 1.82) is 0 Å². The summed E-state index contributed by atoms with van der Waals surface area (Å²) in [5, 5.41) is 8.91. The van der Waals surface area contributed by atoms with Gasteiger partial charge < -0.3 is 10.8 Å². The summed E-state index contributed by atoms with van der Waals surface area (Å²) >= 11 is 2.93. The van der Waals surface area contributed by atoms with Gasteiger partial charge in [0, 0.05) is 15.5 Å². The summed E-state index contributed by atoms with van der Waals surface area (Å²) in [6.07, 6.45) is 3.76. The number of thioether (sulfide) groups is 2. The van der Waals surface area contributed by atoms with Crippen LogP contribution < -0.4 is 5.73 Å². The minimum Gasteiger partial charge on any atom is -0.478 e. The zero-order valence-electron chi connectivity index (χ0n) is 7.90. The molecule has 0 heterocycles. The van der Waals surface area contributed by atoms with Crippen LogP contribution in [0, 0.1) is 0 Å². The van der Waals surface area contributed by atoms with Crippen LogP contribution in [0.2, 0.25) is 0 Å². The highest BCUT2D eigenvalue weighted by Gasteiger charge is 2.12. The predicted octanol–water partition coefficient (Wildman–Crippen LogP) is 2.41. The Hall–Kier alpha value is -0.810. The van der Waals surface area contributed by atoms with Crippen LogP contribution >= 0.6 is 23.5 Å². The molecule has 0 aliphatic rings. The van der Waals surface area contributed by atoms with E-state index in [9.17, 15) is 4.79 Å². The van der Waals surface area contributed by atoms with E-state index in [1.54, 1.807) is 0 Å². The number of hydrogen-bond acceptors (Lipinski definition) is 4. The Bertz CT molecular complexity index is 366. The Labute approximate surface area is 91.1 Å². The zero-order valence-corrected chi connectivity index (χ0v) is 9.54. The third-order valence-electron chi connectivity index (χ3n) is 1.78. The summed E-state index contributed by atoms with van der Waals surface area (Å²) in [7, 11) is 0. The van der Waals surface area contributed by atoms with Gasteiger partial charge in [-0.25, -0.2) is 4.79 Å². The Morgan fingerprint density at radius 1 is 1.29 bits per heavy atom. The summed E-state index contributed by atoms with van der Waals surface area (Å²) in [6, 6.07) is 3.33. The van der Waals surface area contributed by atoms with Gasteiger partial charge >= 0.3 is 5.97 Å². The first-order chi connectivity index (χ1) is 6.60. The molecule has 0 saturated carbocycles. The van der Waals surface area contributed by atoms with Gasteiger partial charge in [0.25, 0.3) is 0 Å². The lowest BCUT2D eigenvalue weighted by molar-refractivity contribution is 0.0693. The second-order valence-electron chi connectivity index (χ2n) is 2.60. The van der Waals surface area contributed by atoms with Crippen LogP contribution in [-0.4, -0.2) is 23.6 Å². The maximum atomic E-state index is 10.9. The molecule has 14 heavy (non-hydrogen) atoms. The number of hydrogen-bond donors (Lipinski definition) is 2. The molecule has 0 saturated heterocycles. The number of nitrogen functional groups attached to an aromatic ring is 1. The Kier molecular flexibility index (Phi) is 3.71. The minimum absolute atomic E-state index is 0.271. The van der Waals surface area contributed by atoms with E-state index in [1.807, 2.05) is 18.6 Å². The molecule has 0 radical (unpaired) electrons. The van der Waals surface area contributed by atoms with Crippen molar-refractivity contribution in [3.8, 4) is 0 Å². The lowest BCUT2D eigenvalue weighted by Gasteiger charge is -2.08. The summed E-state index contributed by atoms with van der Waals surface area (Å²) in [5.74, 6) is -0.936. The fourth-order valence-corrected chi connectivity index (χ4v) is 2.30. The van der Waals surface area contributed by atoms with Crippen LogP contribution in [0.15, 0.2) is 21.9 Å². The van der Waals surface area contributed by atoms with Gasteiger partial charge in [-0.3, -0.25) is 0 Å². The van der Waals surface area contributed by atoms with Crippen molar-refractivity contribution < 1.29 is 9.90 Å². The van der Waals surface area contributed by atoms with Crippen molar-refractivity contribution in [3.05, 3.63) is 17.7 Å². The fraction of sp³-hybridized carbons (Fsp3) is 0.222. The molecular formula is C9H11NO2S2. The van der Waals surface area contributed by atoms with Gasteiger partial charge in [0.2, 0.25) is 0 Å². The molecule has 3 nitrogen and oxygen atoms in total. The predicted molar refractivity (Wildman–Crippen MR) is 61.4 cm³/mol. The Morgan fingerprint density at radius 2 is 1.86 bits per heavy atom. The Balaban J connectivity index is 3.31. The largest absolute Gasteiger partial charge is 0.478 e. The number of carbonyl (C=O) groups is 1. The van der Waals surface area contributed by atoms with Crippen LogP contribution in [0.1, 0.15) is 10.4 Å². The smallest absolute Gasteiger partial charge is 0.336 e. The molecule has 0 bridgehead atoms. The van der Waals surface area contributed by atoms with Gasteiger partial charge in [0.05, 0.1) is 5.56 Å². The first-order valence-corrected chi connectivity index (χ1v) is 6.30. The summed E-state index contributed by atoms with van der Waals surface area (Å²) in [4.78, 5) is 12.5. The van der Waals surface area contributed by atoms with E-state index < -0.39 is 5.97 Å². The highest BCUT2D eigenvalue weighted by atomic mass is 32.2. The SMILES string of the molecule is CSc1cc(SC)c(C(=O)O)cc1N. The fourth-order valence-electron chi connectivity index (χ4n) is 1.09. The third kappa shape index (κ3) is 2.16. The van der Waals surface area contributed by atoms with Crippen molar-refractivity contribution in [2.24, 2.45) is 0 Å². The number of aromatic carboxylic acids is 1. The number of benzene rings is 1. The standard InChI is InChI=1S/C9H11NO2S2/c1-13-7-4-8(14-2)6(10)3-5(7)9(11)12/h3-4H,10H2,1-2H3,(H,11,12). The second-order valence-corrected chi connectivity index (χ2v) is 4.30. The lowest BCUT2D eigenvalue weighted by Crippen LogP contribution is -2.01. The Morgan fingerprint density at radius 3 is 2.29 bits per heavy atom. The van der Waals surface area contributed by atoms with Crippen molar-refractivity contribution >= 4 is 35.2 Å². The van der Waals surface area contributed by atoms with Gasteiger partial charge in [0.1, 0.15) is 0 Å². The summed E-state index contributed by atoms with van der Waals surface area (Å²) < 4.78 is 0. The van der Waals surface area contributed by atoms with E-state index >= 15 is 0 Å². The summed E-state index contributed by atoms with van der Waals surface area (Å²) in [6.45, 7) is 0. The number of nitrogens with two attached hydrogens (primary N) is 1. The molecule has 1 rings (SSSR count). The van der Waals surface area contributed by atoms with Gasteiger partial charge in [-0.1, -0.05) is 0 Å². The van der Waals surface area contributed by atoms with Crippen LogP contribution in [0.25, 0.3) is 0 Å². The van der Waals surface area contributed by atoms with Crippen LogP contribution in [0.5, 0.6) is 0 Å². The maximum absolute atomic E-state index is 10.9. The van der Waals surface area contributed by atoms with E-state index in [2.05, 4.69) is 0 Å². The van der Waals surface area contributed by atoms with E-state index in [-0.39, 0.29) is 5.56 Å². The average molecular weight is 229 g/mol. The highest BCUT2D eigenvalue weighted by Crippen LogP contribution is 2.31. The molecule has 0 aliphatic heterocycles. The summed E-state index contributed by atoms with van der Waals surface area (Å²) in [5.41, 5.74) is 6.49. The first kappa shape index (κ1) is 11.3. The van der Waals surface area contributed by atoms with Gasteiger partial charge in [-0.2, -0.15) is 0 Å². The number of rotatable bonds is 3. The molecule has 0 fully saturated rings. The van der Waals surface area contributed by atoms with Crippen LogP contribution in [0.3, 0.4) is 0 Å². The van der Waals surface area contributed by atoms with Crippen LogP contribution in [-0.2, 0) is 0 Å². The maximum Gasteiger partial charge on any atom is 0.336 e. The highest BCUT2D eigenvalue weighted by molar-refractivity contribution is 7.99. The molecule has 5 heteroatoms. The molecule has 0 amide bonds. The van der Waals surface area contributed by atoms with Gasteiger partial charge in [-0.05, 0) is 24.6 Å². The molecule has 1 aromatic carbocycles. The van der Waals surface area contributed by atoms with Crippen molar-refractivity contribution in [3.63, 3.8) is 0 Å². The molecule has 3 N–H and O–H groups in total. The number of carboxylic acid groups (broad SMARTS) is 1. The molecule has 0 atom stereocenters. The minimum atomic E-state index is -0.936. The van der Waals surface area contributed by atoms with Crippen molar-refractivity contribution in [2.45, 2.75) is 9.79 Å². The third-order valence-corrected chi connectivity index (χ3v) is 3.35. The number of anilines is 1. The normalized spacial score (nSPS) is 10.1. The molecule has 0 unspecified atom stereocenters.